The van der Waals surface area contributed by atoms with Gasteiger partial charge in [0, 0.05) is 17.0 Å². The molecule has 0 fully saturated rings. The van der Waals surface area contributed by atoms with Gasteiger partial charge in [-0.3, -0.25) is 4.90 Å². The lowest BCUT2D eigenvalue weighted by molar-refractivity contribution is -0.959. The third-order valence-electron chi connectivity index (χ3n) is 4.25. The maximum absolute atomic E-state index is 4.63. The Balaban J connectivity index is 1.82. The van der Waals surface area contributed by atoms with Gasteiger partial charge in [0.15, 0.2) is 13.3 Å². The number of aryl methyl sites for hydroxylation is 4. The van der Waals surface area contributed by atoms with Crippen LogP contribution in [-0.2, 0) is 19.9 Å². The Morgan fingerprint density at radius 1 is 0.792 bits per heavy atom. The minimum Gasteiger partial charge on any atom is -0.294 e. The van der Waals surface area contributed by atoms with Crippen molar-refractivity contribution < 1.29 is 4.90 Å². The molecule has 2 heterocycles. The van der Waals surface area contributed by atoms with Gasteiger partial charge in [-0.25, -0.2) is 9.36 Å². The standard InChI is InChI=1S/C19H25N5/c1-15-10-17(3)23(20-15)13-22(12-19-8-6-5-7-9-19)14-24-18(4)11-16(2)21-24/h5-11H,12-14H2,1-4H3/p+1. The lowest BCUT2D eigenvalue weighted by Crippen LogP contribution is -3.09. The number of benzene rings is 1. The fraction of sp³-hybridized carbons (Fsp3) is 0.368. The van der Waals surface area contributed by atoms with Crippen molar-refractivity contribution in [3.8, 4) is 0 Å². The van der Waals surface area contributed by atoms with Gasteiger partial charge in [0.25, 0.3) is 0 Å². The summed E-state index contributed by atoms with van der Waals surface area (Å²) in [6, 6.07) is 14.9. The van der Waals surface area contributed by atoms with Crippen LogP contribution in [-0.4, -0.2) is 19.6 Å². The van der Waals surface area contributed by atoms with E-state index < -0.39 is 0 Å². The topological polar surface area (TPSA) is 40.1 Å². The zero-order valence-corrected chi connectivity index (χ0v) is 15.0. The van der Waals surface area contributed by atoms with Crippen molar-refractivity contribution in [1.82, 2.24) is 19.6 Å². The lowest BCUT2D eigenvalue weighted by atomic mass is 10.2. The second-order valence-electron chi connectivity index (χ2n) is 6.58. The summed E-state index contributed by atoms with van der Waals surface area (Å²) < 4.78 is 4.19. The molecule has 0 saturated heterocycles. The number of hydrogen-bond donors (Lipinski definition) is 1. The lowest BCUT2D eigenvalue weighted by Gasteiger charge is -2.21. The van der Waals surface area contributed by atoms with E-state index in [1.165, 1.54) is 21.9 Å². The minimum absolute atomic E-state index is 0.826. The molecule has 0 saturated carbocycles. The monoisotopic (exact) mass is 324 g/mol. The predicted octanol–water partition coefficient (Wildman–Crippen LogP) is 2.01. The molecule has 0 aliphatic rings. The second-order valence-corrected chi connectivity index (χ2v) is 6.58. The third-order valence-corrected chi connectivity index (χ3v) is 4.25. The molecule has 3 aromatic rings. The van der Waals surface area contributed by atoms with E-state index in [4.69, 9.17) is 0 Å². The van der Waals surface area contributed by atoms with Crippen LogP contribution in [0.5, 0.6) is 0 Å². The first kappa shape index (κ1) is 16.5. The van der Waals surface area contributed by atoms with Crippen molar-refractivity contribution in [3.63, 3.8) is 0 Å². The van der Waals surface area contributed by atoms with Crippen LogP contribution >= 0.6 is 0 Å². The highest BCUT2D eigenvalue weighted by Crippen LogP contribution is 2.02. The van der Waals surface area contributed by atoms with Crippen LogP contribution in [0.25, 0.3) is 0 Å². The van der Waals surface area contributed by atoms with Gasteiger partial charge in [0.2, 0.25) is 0 Å². The molecule has 3 rings (SSSR count). The number of rotatable bonds is 6. The molecule has 0 bridgehead atoms. The maximum Gasteiger partial charge on any atom is 0.174 e. The maximum atomic E-state index is 4.63. The van der Waals surface area contributed by atoms with Gasteiger partial charge >= 0.3 is 0 Å². The molecule has 126 valence electrons. The molecule has 0 aliphatic heterocycles. The van der Waals surface area contributed by atoms with Crippen molar-refractivity contribution in [1.29, 1.82) is 0 Å². The van der Waals surface area contributed by atoms with Crippen molar-refractivity contribution in [2.75, 3.05) is 0 Å². The predicted molar refractivity (Wildman–Crippen MR) is 94.5 cm³/mol. The van der Waals surface area contributed by atoms with Gasteiger partial charge in [-0.05, 0) is 39.8 Å². The molecule has 0 amide bonds. The molecule has 0 radical (unpaired) electrons. The number of quaternary nitrogens is 1. The highest BCUT2D eigenvalue weighted by atomic mass is 15.4. The molecule has 1 N–H and O–H groups in total. The van der Waals surface area contributed by atoms with Crippen LogP contribution in [0.1, 0.15) is 28.3 Å². The van der Waals surface area contributed by atoms with Crippen LogP contribution in [0.15, 0.2) is 42.5 Å². The largest absolute Gasteiger partial charge is 0.294 e. The van der Waals surface area contributed by atoms with Gasteiger partial charge in [-0.2, -0.15) is 10.2 Å². The summed E-state index contributed by atoms with van der Waals surface area (Å²) in [6.45, 7) is 10.9. The Morgan fingerprint density at radius 2 is 1.29 bits per heavy atom. The molecule has 0 unspecified atom stereocenters. The van der Waals surface area contributed by atoms with Crippen LogP contribution in [0.4, 0.5) is 0 Å². The van der Waals surface area contributed by atoms with E-state index >= 15 is 0 Å². The van der Waals surface area contributed by atoms with E-state index in [1.807, 2.05) is 13.8 Å². The molecular formula is C19H26N5+. The van der Waals surface area contributed by atoms with Crippen molar-refractivity contribution in [2.24, 2.45) is 0 Å². The Hall–Kier alpha value is -2.40. The van der Waals surface area contributed by atoms with Crippen LogP contribution < -0.4 is 4.90 Å². The van der Waals surface area contributed by atoms with E-state index in [9.17, 15) is 0 Å². The molecule has 5 heteroatoms. The zero-order chi connectivity index (χ0) is 17.1. The van der Waals surface area contributed by atoms with Gasteiger partial charge < -0.3 is 0 Å². The molecule has 0 atom stereocenters. The SMILES string of the molecule is Cc1cc(C)n(C[NH+](Cc2ccccc2)Cn2nc(C)cc2C)n1. The van der Waals surface area contributed by atoms with Crippen LogP contribution in [0.2, 0.25) is 0 Å². The first-order valence-electron chi connectivity index (χ1n) is 8.41. The number of nitrogens with zero attached hydrogens (tertiary/aromatic N) is 4. The zero-order valence-electron chi connectivity index (χ0n) is 15.0. The molecule has 5 nitrogen and oxygen atoms in total. The van der Waals surface area contributed by atoms with Gasteiger partial charge in [0.1, 0.15) is 6.54 Å². The minimum atomic E-state index is 0.826. The quantitative estimate of drug-likeness (QED) is 0.753. The summed E-state index contributed by atoms with van der Waals surface area (Å²) in [4.78, 5) is 1.40. The van der Waals surface area contributed by atoms with Crippen molar-refractivity contribution in [3.05, 3.63) is 70.8 Å². The van der Waals surface area contributed by atoms with Crippen molar-refractivity contribution in [2.45, 2.75) is 47.6 Å². The van der Waals surface area contributed by atoms with E-state index in [0.717, 1.165) is 31.3 Å². The summed E-state index contributed by atoms with van der Waals surface area (Å²) in [6.07, 6.45) is 0. The molecule has 0 aliphatic carbocycles. The number of hydrogen-bond acceptors (Lipinski definition) is 2. The second kappa shape index (κ2) is 7.01. The van der Waals surface area contributed by atoms with Gasteiger partial charge in [-0.1, -0.05) is 30.3 Å². The molecular weight excluding hydrogens is 298 g/mol. The molecule has 1 aromatic carbocycles. The average Bonchev–Trinajstić information content (AvgIpc) is 3.01. The number of nitrogens with one attached hydrogen (secondary N) is 1. The Bertz CT molecular complexity index is 752. The summed E-state index contributed by atoms with van der Waals surface area (Å²) >= 11 is 0. The van der Waals surface area contributed by atoms with Crippen molar-refractivity contribution >= 4 is 0 Å². The van der Waals surface area contributed by atoms with E-state index in [2.05, 4.69) is 75.9 Å². The fourth-order valence-electron chi connectivity index (χ4n) is 3.14. The first-order valence-corrected chi connectivity index (χ1v) is 8.41. The summed E-state index contributed by atoms with van der Waals surface area (Å²) in [5.74, 6) is 0. The molecule has 24 heavy (non-hydrogen) atoms. The smallest absolute Gasteiger partial charge is 0.174 e. The van der Waals surface area contributed by atoms with Crippen LogP contribution in [0.3, 0.4) is 0 Å². The van der Waals surface area contributed by atoms with E-state index in [0.29, 0.717) is 0 Å². The van der Waals surface area contributed by atoms with Crippen LogP contribution in [0, 0.1) is 27.7 Å². The Kier molecular flexibility index (Phi) is 4.81. The molecule has 2 aromatic heterocycles. The molecule has 0 spiro atoms. The van der Waals surface area contributed by atoms with E-state index in [-0.39, 0.29) is 0 Å². The number of aromatic nitrogens is 4. The normalized spacial score (nSPS) is 11.4. The average molecular weight is 324 g/mol. The highest BCUT2D eigenvalue weighted by molar-refractivity contribution is 5.13. The van der Waals surface area contributed by atoms with E-state index in [1.54, 1.807) is 0 Å². The summed E-state index contributed by atoms with van der Waals surface area (Å²) in [7, 11) is 0. The van der Waals surface area contributed by atoms with Gasteiger partial charge in [-0.15, -0.1) is 0 Å². The van der Waals surface area contributed by atoms with Gasteiger partial charge in [0.05, 0.1) is 11.4 Å². The summed E-state index contributed by atoms with van der Waals surface area (Å²) in [5, 5.41) is 9.25. The summed E-state index contributed by atoms with van der Waals surface area (Å²) in [5.41, 5.74) is 5.86. The fourth-order valence-corrected chi connectivity index (χ4v) is 3.14. The Labute approximate surface area is 143 Å². The Morgan fingerprint density at radius 3 is 1.71 bits per heavy atom. The highest BCUT2D eigenvalue weighted by Gasteiger charge is 2.15. The first-order chi connectivity index (χ1) is 11.5. The third kappa shape index (κ3) is 3.92.